The fraction of sp³-hybridized carbons (Fsp3) is 0.190. The van der Waals surface area contributed by atoms with Gasteiger partial charge in [-0.1, -0.05) is 6.07 Å². The Balaban J connectivity index is 1.56. The van der Waals surface area contributed by atoms with Crippen LogP contribution in [0.4, 0.5) is 35.3 Å². The van der Waals surface area contributed by atoms with E-state index >= 15 is 0 Å². The van der Waals surface area contributed by atoms with Gasteiger partial charge in [0, 0.05) is 36.8 Å². The van der Waals surface area contributed by atoms with Crippen LogP contribution in [-0.2, 0) is 6.18 Å². The van der Waals surface area contributed by atoms with E-state index < -0.39 is 17.8 Å². The number of nitrogens with zero attached hydrogens (tertiary/aromatic N) is 2. The highest BCUT2D eigenvalue weighted by molar-refractivity contribution is 5.99. The number of carbonyl (C=O) groups excluding carboxylic acids is 1. The highest BCUT2D eigenvalue weighted by atomic mass is 19.4. The van der Waals surface area contributed by atoms with Crippen LogP contribution in [0.3, 0.4) is 0 Å². The van der Waals surface area contributed by atoms with Crippen molar-refractivity contribution in [2.24, 2.45) is 0 Å². The summed E-state index contributed by atoms with van der Waals surface area (Å²) in [4.78, 5) is 20.3. The molecule has 3 rings (SSSR count). The number of urea groups is 1. The van der Waals surface area contributed by atoms with Gasteiger partial charge < -0.3 is 25.8 Å². The van der Waals surface area contributed by atoms with Crippen molar-refractivity contribution >= 4 is 23.4 Å². The van der Waals surface area contributed by atoms with Crippen LogP contribution in [0.25, 0.3) is 0 Å². The van der Waals surface area contributed by atoms with E-state index in [-0.39, 0.29) is 12.3 Å². The molecular weight excluding hydrogens is 427 g/mol. The summed E-state index contributed by atoms with van der Waals surface area (Å²) in [5.41, 5.74) is -0.423. The van der Waals surface area contributed by atoms with Crippen molar-refractivity contribution in [1.82, 2.24) is 9.97 Å². The average Bonchev–Trinajstić information content (AvgIpc) is 2.75. The molecule has 168 valence electrons. The zero-order valence-corrected chi connectivity index (χ0v) is 16.7. The summed E-state index contributed by atoms with van der Waals surface area (Å²) in [6.45, 7) is 0.574. The van der Waals surface area contributed by atoms with Gasteiger partial charge in [-0.3, -0.25) is 0 Å². The van der Waals surface area contributed by atoms with Gasteiger partial charge >= 0.3 is 12.2 Å². The number of alkyl halides is 3. The van der Waals surface area contributed by atoms with Crippen LogP contribution in [-0.4, -0.2) is 34.3 Å². The van der Waals surface area contributed by atoms with Crippen molar-refractivity contribution in [1.29, 1.82) is 0 Å². The fourth-order valence-corrected chi connectivity index (χ4v) is 2.56. The minimum Gasteiger partial charge on any atom is -0.439 e. The Labute approximate surface area is 181 Å². The molecule has 0 atom stereocenters. The molecule has 1 aromatic heterocycles. The molecule has 0 saturated carbocycles. The molecule has 4 N–H and O–H groups in total. The van der Waals surface area contributed by atoms with E-state index in [4.69, 9.17) is 9.84 Å². The minimum atomic E-state index is -4.50. The third-order valence-electron chi connectivity index (χ3n) is 4.03. The SMILES string of the molecule is O=C(Nc1ccc(Oc2ccnc(NCCCO)n2)cc1)Nc1cccc(C(F)(F)F)c1. The van der Waals surface area contributed by atoms with Crippen molar-refractivity contribution in [3.05, 3.63) is 66.4 Å². The van der Waals surface area contributed by atoms with Gasteiger partial charge in [0.15, 0.2) is 0 Å². The molecule has 3 aromatic rings. The van der Waals surface area contributed by atoms with Crippen LogP contribution in [0.1, 0.15) is 12.0 Å². The lowest BCUT2D eigenvalue weighted by atomic mass is 10.2. The number of ether oxygens (including phenoxy) is 1. The van der Waals surface area contributed by atoms with Crippen LogP contribution in [0.2, 0.25) is 0 Å². The second kappa shape index (κ2) is 10.4. The molecule has 32 heavy (non-hydrogen) atoms. The number of aliphatic hydroxyl groups excluding tert-OH is 1. The number of hydrogen-bond acceptors (Lipinski definition) is 6. The van der Waals surface area contributed by atoms with Crippen molar-refractivity contribution in [3.63, 3.8) is 0 Å². The molecule has 2 amide bonds. The van der Waals surface area contributed by atoms with Crippen LogP contribution < -0.4 is 20.7 Å². The van der Waals surface area contributed by atoms with Gasteiger partial charge in [-0.15, -0.1) is 0 Å². The van der Waals surface area contributed by atoms with Crippen LogP contribution in [0.15, 0.2) is 60.8 Å². The molecule has 0 aliphatic heterocycles. The Kier molecular flexibility index (Phi) is 7.45. The summed E-state index contributed by atoms with van der Waals surface area (Å²) in [6.07, 6.45) is -2.41. The average molecular weight is 447 g/mol. The molecule has 0 bridgehead atoms. The third kappa shape index (κ3) is 6.84. The maximum Gasteiger partial charge on any atom is 0.416 e. The van der Waals surface area contributed by atoms with Crippen LogP contribution in [0, 0.1) is 0 Å². The topological polar surface area (TPSA) is 108 Å². The molecule has 2 aromatic carbocycles. The third-order valence-corrected chi connectivity index (χ3v) is 4.03. The normalized spacial score (nSPS) is 11.0. The molecule has 0 radical (unpaired) electrons. The monoisotopic (exact) mass is 447 g/mol. The Bertz CT molecular complexity index is 1050. The van der Waals surface area contributed by atoms with Gasteiger partial charge in [0.2, 0.25) is 11.8 Å². The summed E-state index contributed by atoms with van der Waals surface area (Å²) >= 11 is 0. The molecule has 8 nitrogen and oxygen atoms in total. The Morgan fingerprint density at radius 3 is 2.50 bits per heavy atom. The number of hydrogen-bond donors (Lipinski definition) is 4. The summed E-state index contributed by atoms with van der Waals surface area (Å²) in [5.74, 6) is 1.11. The number of aliphatic hydroxyl groups is 1. The number of aromatic nitrogens is 2. The first kappa shape index (κ1) is 22.8. The van der Waals surface area contributed by atoms with E-state index in [9.17, 15) is 18.0 Å². The molecule has 0 fully saturated rings. The predicted molar refractivity (Wildman–Crippen MR) is 113 cm³/mol. The number of amides is 2. The number of rotatable bonds is 8. The maximum atomic E-state index is 12.8. The molecule has 11 heteroatoms. The predicted octanol–water partition coefficient (Wildman–Crippen LogP) is 4.73. The zero-order chi connectivity index (χ0) is 23.0. The second-order valence-electron chi connectivity index (χ2n) is 6.51. The van der Waals surface area contributed by atoms with Crippen LogP contribution >= 0.6 is 0 Å². The molecule has 0 unspecified atom stereocenters. The standard InChI is InChI=1S/C21H20F3N5O3/c22-21(23,24)14-3-1-4-16(13-14)28-20(31)27-15-5-7-17(8-6-15)32-18-9-11-26-19(29-18)25-10-2-12-30/h1,3-9,11,13,30H,2,10,12H2,(H,25,26,29)(H2,27,28,31). The van der Waals surface area contributed by atoms with Crippen molar-refractivity contribution < 1.29 is 27.8 Å². The number of carbonyl (C=O) groups is 1. The number of benzene rings is 2. The van der Waals surface area contributed by atoms with Gasteiger partial charge in [-0.2, -0.15) is 18.2 Å². The summed E-state index contributed by atoms with van der Waals surface area (Å²) in [7, 11) is 0. The van der Waals surface area contributed by atoms with Gasteiger partial charge in [-0.25, -0.2) is 9.78 Å². The molecule has 0 saturated heterocycles. The van der Waals surface area contributed by atoms with E-state index in [1.165, 1.54) is 18.3 Å². The molecule has 1 heterocycles. The van der Waals surface area contributed by atoms with Crippen molar-refractivity contribution in [2.45, 2.75) is 12.6 Å². The second-order valence-corrected chi connectivity index (χ2v) is 6.51. The van der Waals surface area contributed by atoms with Gasteiger partial charge in [0.05, 0.1) is 5.56 Å². The maximum absolute atomic E-state index is 12.8. The number of halogens is 3. The Hall–Kier alpha value is -3.86. The largest absolute Gasteiger partial charge is 0.439 e. The van der Waals surface area contributed by atoms with E-state index in [1.54, 1.807) is 30.3 Å². The lowest BCUT2D eigenvalue weighted by Gasteiger charge is -2.11. The first-order valence-electron chi connectivity index (χ1n) is 9.54. The summed E-state index contributed by atoms with van der Waals surface area (Å²) < 4.78 is 44.0. The molecule has 0 aliphatic rings. The Morgan fingerprint density at radius 1 is 1.03 bits per heavy atom. The summed E-state index contributed by atoms with van der Waals surface area (Å²) in [6, 6.07) is 11.6. The van der Waals surface area contributed by atoms with E-state index in [2.05, 4.69) is 25.9 Å². The first-order chi connectivity index (χ1) is 15.3. The fourth-order valence-electron chi connectivity index (χ4n) is 2.56. The molecular formula is C21H20F3N5O3. The van der Waals surface area contributed by atoms with Crippen molar-refractivity contribution in [3.8, 4) is 11.6 Å². The van der Waals surface area contributed by atoms with Gasteiger partial charge in [0.1, 0.15) is 5.75 Å². The number of anilines is 3. The van der Waals surface area contributed by atoms with E-state index in [1.807, 2.05) is 0 Å². The lowest BCUT2D eigenvalue weighted by molar-refractivity contribution is -0.137. The smallest absolute Gasteiger partial charge is 0.416 e. The summed E-state index contributed by atoms with van der Waals surface area (Å²) in [5, 5.41) is 16.7. The highest BCUT2D eigenvalue weighted by Gasteiger charge is 2.30. The van der Waals surface area contributed by atoms with Gasteiger partial charge in [-0.05, 0) is 48.9 Å². The lowest BCUT2D eigenvalue weighted by Crippen LogP contribution is -2.19. The van der Waals surface area contributed by atoms with E-state index in [0.717, 1.165) is 12.1 Å². The molecule has 0 aliphatic carbocycles. The first-order valence-corrected chi connectivity index (χ1v) is 9.54. The Morgan fingerprint density at radius 2 is 1.78 bits per heavy atom. The quantitative estimate of drug-likeness (QED) is 0.372. The van der Waals surface area contributed by atoms with E-state index in [0.29, 0.717) is 36.2 Å². The molecule has 0 spiro atoms. The van der Waals surface area contributed by atoms with Crippen molar-refractivity contribution in [2.75, 3.05) is 29.1 Å². The highest BCUT2D eigenvalue weighted by Crippen LogP contribution is 2.30. The number of nitrogens with one attached hydrogen (secondary N) is 3. The zero-order valence-electron chi connectivity index (χ0n) is 16.7. The minimum absolute atomic E-state index is 0.0180. The van der Waals surface area contributed by atoms with Gasteiger partial charge in [0.25, 0.3) is 0 Å². The van der Waals surface area contributed by atoms with Crippen LogP contribution in [0.5, 0.6) is 11.6 Å².